The van der Waals surface area contributed by atoms with Crippen LogP contribution >= 0.6 is 39.3 Å². The first kappa shape index (κ1) is 22.9. The first-order valence-electron chi connectivity index (χ1n) is 8.79. The van der Waals surface area contributed by atoms with Crippen LogP contribution in [0, 0.1) is 0 Å². The van der Waals surface area contributed by atoms with Crippen molar-refractivity contribution in [3.63, 3.8) is 0 Å². The van der Waals surface area contributed by atoms with Gasteiger partial charge in [0.15, 0.2) is 5.16 Å². The summed E-state index contributed by atoms with van der Waals surface area (Å²) in [7, 11) is 0. The minimum absolute atomic E-state index is 0.0732. The number of carbonyl (C=O) groups excluding carboxylic acids is 1. The third-order valence-electron chi connectivity index (χ3n) is 4.25. The average Bonchev–Trinajstić information content (AvgIpc) is 2.66. The highest BCUT2D eigenvalue weighted by Gasteiger charge is 2.22. The SMILES string of the molecule is CCOC(=O)Cn1c(SC)nc([C@@H](C)C[C@H](N)c2ccc(Cl)cc2)c(Br)c1=O. The van der Waals surface area contributed by atoms with Crippen LogP contribution in [0.15, 0.2) is 38.7 Å². The van der Waals surface area contributed by atoms with Gasteiger partial charge in [-0.2, -0.15) is 0 Å². The Labute approximate surface area is 181 Å². The lowest BCUT2D eigenvalue weighted by Gasteiger charge is -2.20. The van der Waals surface area contributed by atoms with Gasteiger partial charge >= 0.3 is 5.97 Å². The highest BCUT2D eigenvalue weighted by Crippen LogP contribution is 2.30. The molecular formula is C19H23BrClN3O3S. The van der Waals surface area contributed by atoms with Crippen LogP contribution in [0.4, 0.5) is 0 Å². The van der Waals surface area contributed by atoms with Gasteiger partial charge in [0, 0.05) is 17.0 Å². The summed E-state index contributed by atoms with van der Waals surface area (Å²) in [6.07, 6.45) is 2.41. The summed E-state index contributed by atoms with van der Waals surface area (Å²) in [5.41, 5.74) is 7.61. The first-order valence-corrected chi connectivity index (χ1v) is 11.2. The number of carbonyl (C=O) groups is 1. The standard InChI is InChI=1S/C19H23BrClN3O3S/c1-4-27-15(25)10-24-18(26)16(20)17(23-19(24)28-3)11(2)9-14(22)12-5-7-13(21)8-6-12/h5-8,11,14H,4,9-10,22H2,1-3H3/t11-,14-/m0/s1. The molecule has 2 rings (SSSR count). The number of rotatable bonds is 8. The minimum Gasteiger partial charge on any atom is -0.465 e. The van der Waals surface area contributed by atoms with E-state index in [-0.39, 0.29) is 30.7 Å². The van der Waals surface area contributed by atoms with E-state index in [1.54, 1.807) is 19.1 Å². The molecule has 0 aliphatic heterocycles. The van der Waals surface area contributed by atoms with Crippen molar-refractivity contribution in [3.05, 3.63) is 55.4 Å². The lowest BCUT2D eigenvalue weighted by atomic mass is 9.94. The smallest absolute Gasteiger partial charge is 0.326 e. The van der Waals surface area contributed by atoms with Gasteiger partial charge in [-0.3, -0.25) is 14.2 Å². The van der Waals surface area contributed by atoms with Gasteiger partial charge in [0.1, 0.15) is 11.0 Å². The van der Waals surface area contributed by atoms with Crippen LogP contribution in [0.25, 0.3) is 0 Å². The van der Waals surface area contributed by atoms with Gasteiger partial charge in [-0.15, -0.1) is 0 Å². The molecule has 2 N–H and O–H groups in total. The van der Waals surface area contributed by atoms with Crippen molar-refractivity contribution in [2.75, 3.05) is 12.9 Å². The summed E-state index contributed by atoms with van der Waals surface area (Å²) in [6.45, 7) is 3.78. The summed E-state index contributed by atoms with van der Waals surface area (Å²) >= 11 is 10.6. The molecule has 1 heterocycles. The summed E-state index contributed by atoms with van der Waals surface area (Å²) in [6, 6.07) is 7.18. The van der Waals surface area contributed by atoms with Crippen molar-refractivity contribution in [2.24, 2.45) is 5.73 Å². The summed E-state index contributed by atoms with van der Waals surface area (Å²) in [5, 5.41) is 1.12. The van der Waals surface area contributed by atoms with E-state index in [1.165, 1.54) is 16.3 Å². The monoisotopic (exact) mass is 487 g/mol. The summed E-state index contributed by atoms with van der Waals surface area (Å²) in [4.78, 5) is 29.3. The predicted octanol–water partition coefficient (Wildman–Crippen LogP) is 4.14. The van der Waals surface area contributed by atoms with Crippen molar-refractivity contribution >= 4 is 45.3 Å². The van der Waals surface area contributed by atoms with E-state index in [4.69, 9.17) is 22.1 Å². The largest absolute Gasteiger partial charge is 0.465 e. The number of ether oxygens (including phenoxy) is 1. The number of hydrogen-bond acceptors (Lipinski definition) is 6. The fourth-order valence-corrected chi connectivity index (χ4v) is 4.20. The van der Waals surface area contributed by atoms with Crippen molar-refractivity contribution in [1.82, 2.24) is 9.55 Å². The van der Waals surface area contributed by atoms with Crippen LogP contribution in [-0.2, 0) is 16.1 Å². The van der Waals surface area contributed by atoms with Gasteiger partial charge in [-0.05, 0) is 53.2 Å². The Morgan fingerprint density at radius 1 is 1.39 bits per heavy atom. The minimum atomic E-state index is -0.473. The molecule has 0 saturated carbocycles. The van der Waals surface area contributed by atoms with Gasteiger partial charge in [0.05, 0.1) is 12.3 Å². The number of nitrogens with zero attached hydrogens (tertiary/aromatic N) is 2. The zero-order valence-corrected chi connectivity index (χ0v) is 19.1. The molecule has 9 heteroatoms. The molecule has 2 aromatic rings. The van der Waals surface area contributed by atoms with Crippen LogP contribution in [0.3, 0.4) is 0 Å². The van der Waals surface area contributed by atoms with Crippen molar-refractivity contribution in [2.45, 2.75) is 43.9 Å². The van der Waals surface area contributed by atoms with Gasteiger partial charge < -0.3 is 10.5 Å². The molecule has 1 aromatic heterocycles. The first-order chi connectivity index (χ1) is 13.3. The topological polar surface area (TPSA) is 87.2 Å². The number of halogens is 2. The molecule has 0 saturated heterocycles. The fourth-order valence-electron chi connectivity index (χ4n) is 2.82. The maximum Gasteiger partial charge on any atom is 0.326 e. The highest BCUT2D eigenvalue weighted by atomic mass is 79.9. The van der Waals surface area contributed by atoms with Crippen molar-refractivity contribution in [1.29, 1.82) is 0 Å². The summed E-state index contributed by atoms with van der Waals surface area (Å²) in [5.74, 6) is -0.546. The van der Waals surface area contributed by atoms with Crippen LogP contribution in [-0.4, -0.2) is 28.4 Å². The number of aromatic nitrogens is 2. The number of thioether (sulfide) groups is 1. The fraction of sp³-hybridized carbons (Fsp3) is 0.421. The Morgan fingerprint density at radius 2 is 2.04 bits per heavy atom. The highest BCUT2D eigenvalue weighted by molar-refractivity contribution is 9.10. The van der Waals surface area contributed by atoms with E-state index < -0.39 is 5.97 Å². The molecule has 0 radical (unpaired) electrons. The number of esters is 1. The number of hydrogen-bond donors (Lipinski definition) is 1. The molecule has 0 bridgehead atoms. The number of benzene rings is 1. The quantitative estimate of drug-likeness (QED) is 0.341. The second-order valence-corrected chi connectivity index (χ2v) is 8.29. The van der Waals surface area contributed by atoms with Gasteiger partial charge in [-0.25, -0.2) is 4.98 Å². The lowest BCUT2D eigenvalue weighted by Crippen LogP contribution is -2.30. The molecule has 0 aliphatic rings. The maximum absolute atomic E-state index is 12.8. The Bertz CT molecular complexity index is 889. The molecule has 1 aromatic carbocycles. The molecule has 0 amide bonds. The average molecular weight is 489 g/mol. The number of nitrogens with two attached hydrogens (primary N) is 1. The predicted molar refractivity (Wildman–Crippen MR) is 116 cm³/mol. The van der Waals surface area contributed by atoms with Crippen LogP contribution in [0.2, 0.25) is 5.02 Å². The Balaban J connectivity index is 2.29. The molecule has 28 heavy (non-hydrogen) atoms. The van der Waals surface area contributed by atoms with Crippen LogP contribution in [0.1, 0.15) is 43.5 Å². The molecule has 0 unspecified atom stereocenters. The summed E-state index contributed by atoms with van der Waals surface area (Å²) < 4.78 is 6.61. The van der Waals surface area contributed by atoms with E-state index in [1.807, 2.05) is 25.3 Å². The van der Waals surface area contributed by atoms with Crippen LogP contribution < -0.4 is 11.3 Å². The Hall–Kier alpha value is -1.35. The van der Waals surface area contributed by atoms with Gasteiger partial charge in [0.25, 0.3) is 5.56 Å². The Morgan fingerprint density at radius 3 is 2.61 bits per heavy atom. The molecule has 0 fully saturated rings. The molecular weight excluding hydrogens is 466 g/mol. The second-order valence-electron chi connectivity index (χ2n) is 6.29. The van der Waals surface area contributed by atoms with Crippen molar-refractivity contribution < 1.29 is 9.53 Å². The van der Waals surface area contributed by atoms with Gasteiger partial charge in [0.2, 0.25) is 0 Å². The maximum atomic E-state index is 12.8. The molecule has 2 atom stereocenters. The zero-order chi connectivity index (χ0) is 20.8. The van der Waals surface area contributed by atoms with E-state index in [2.05, 4.69) is 20.9 Å². The molecule has 152 valence electrons. The zero-order valence-electron chi connectivity index (χ0n) is 15.9. The van der Waals surface area contributed by atoms with E-state index >= 15 is 0 Å². The van der Waals surface area contributed by atoms with Crippen molar-refractivity contribution in [3.8, 4) is 0 Å². The van der Waals surface area contributed by atoms with Gasteiger partial charge in [-0.1, -0.05) is 42.4 Å². The molecule has 0 spiro atoms. The lowest BCUT2D eigenvalue weighted by molar-refractivity contribution is -0.144. The second kappa shape index (κ2) is 10.4. The molecule has 0 aliphatic carbocycles. The normalized spacial score (nSPS) is 13.2. The molecule has 6 nitrogen and oxygen atoms in total. The van der Waals surface area contributed by atoms with E-state index in [0.29, 0.717) is 26.8 Å². The third kappa shape index (κ3) is 5.59. The van der Waals surface area contributed by atoms with Crippen LogP contribution in [0.5, 0.6) is 0 Å². The Kier molecular flexibility index (Phi) is 8.55. The van der Waals surface area contributed by atoms with E-state index in [9.17, 15) is 9.59 Å². The van der Waals surface area contributed by atoms with E-state index in [0.717, 1.165) is 5.56 Å². The third-order valence-corrected chi connectivity index (χ3v) is 5.93.